The zero-order valence-electron chi connectivity index (χ0n) is 12.3. The summed E-state index contributed by atoms with van der Waals surface area (Å²) in [4.78, 5) is 0.993. The molecular weight excluding hydrogens is 282 g/mol. The Morgan fingerprint density at radius 1 is 1.19 bits per heavy atom. The van der Waals surface area contributed by atoms with Crippen molar-refractivity contribution in [1.29, 1.82) is 0 Å². The minimum absolute atomic E-state index is 0.0355. The Bertz CT molecular complexity index is 734. The van der Waals surface area contributed by atoms with E-state index >= 15 is 0 Å². The monoisotopic (exact) mass is 299 g/mol. The van der Waals surface area contributed by atoms with Gasteiger partial charge in [0.05, 0.1) is 4.88 Å². The van der Waals surface area contributed by atoms with Crippen molar-refractivity contribution in [3.8, 4) is 10.8 Å². The fourth-order valence-electron chi connectivity index (χ4n) is 2.10. The first-order chi connectivity index (χ1) is 10.1. The third-order valence-corrected chi connectivity index (χ3v) is 4.17. The van der Waals surface area contributed by atoms with Crippen LogP contribution in [0.1, 0.15) is 30.0 Å². The second kappa shape index (κ2) is 5.69. The largest absolute Gasteiger partial charge is 0.418 e. The SMILES string of the molecule is Cc1ccc(C)c(NC(C)c2nnc(-c3cccs3)o2)c1. The van der Waals surface area contributed by atoms with E-state index < -0.39 is 0 Å². The normalized spacial score (nSPS) is 12.3. The highest BCUT2D eigenvalue weighted by molar-refractivity contribution is 7.13. The molecule has 3 rings (SSSR count). The Kier molecular flexibility index (Phi) is 3.75. The van der Waals surface area contributed by atoms with Crippen LogP contribution in [0, 0.1) is 13.8 Å². The third-order valence-electron chi connectivity index (χ3n) is 3.31. The van der Waals surface area contributed by atoms with E-state index in [1.54, 1.807) is 11.3 Å². The lowest BCUT2D eigenvalue weighted by atomic mass is 10.1. The molecule has 0 saturated carbocycles. The average molecular weight is 299 g/mol. The maximum absolute atomic E-state index is 5.76. The van der Waals surface area contributed by atoms with Crippen LogP contribution >= 0.6 is 11.3 Å². The van der Waals surface area contributed by atoms with Gasteiger partial charge in [0.2, 0.25) is 5.89 Å². The number of nitrogens with one attached hydrogen (secondary N) is 1. The lowest BCUT2D eigenvalue weighted by Crippen LogP contribution is -2.08. The minimum Gasteiger partial charge on any atom is -0.418 e. The molecule has 3 aromatic rings. The van der Waals surface area contributed by atoms with Crippen LogP contribution in [0.3, 0.4) is 0 Å². The molecule has 0 aliphatic rings. The van der Waals surface area contributed by atoms with Gasteiger partial charge in [-0.15, -0.1) is 21.5 Å². The molecule has 1 N–H and O–H groups in total. The van der Waals surface area contributed by atoms with Crippen LogP contribution in [0.15, 0.2) is 40.1 Å². The summed E-state index contributed by atoms with van der Waals surface area (Å²) in [7, 11) is 0. The van der Waals surface area contributed by atoms with Crippen molar-refractivity contribution in [3.05, 3.63) is 52.7 Å². The van der Waals surface area contributed by atoms with Gasteiger partial charge in [0.1, 0.15) is 6.04 Å². The molecule has 1 unspecified atom stereocenters. The number of nitrogens with zero attached hydrogens (tertiary/aromatic N) is 2. The summed E-state index contributed by atoms with van der Waals surface area (Å²) in [6.45, 7) is 6.18. The van der Waals surface area contributed by atoms with Gasteiger partial charge in [-0.2, -0.15) is 0 Å². The Morgan fingerprint density at radius 2 is 2.05 bits per heavy atom. The van der Waals surface area contributed by atoms with E-state index in [1.807, 2.05) is 24.4 Å². The topological polar surface area (TPSA) is 51.0 Å². The Balaban J connectivity index is 1.79. The number of aromatic nitrogens is 2. The Labute approximate surface area is 127 Å². The van der Waals surface area contributed by atoms with Gasteiger partial charge in [-0.3, -0.25) is 0 Å². The summed E-state index contributed by atoms with van der Waals surface area (Å²) >= 11 is 1.59. The van der Waals surface area contributed by atoms with E-state index in [2.05, 4.69) is 47.6 Å². The number of hydrogen-bond donors (Lipinski definition) is 1. The van der Waals surface area contributed by atoms with Crippen molar-refractivity contribution < 1.29 is 4.42 Å². The van der Waals surface area contributed by atoms with Crippen LogP contribution in [0.2, 0.25) is 0 Å². The molecule has 1 aromatic carbocycles. The molecule has 0 fully saturated rings. The van der Waals surface area contributed by atoms with Crippen molar-refractivity contribution in [1.82, 2.24) is 10.2 Å². The van der Waals surface area contributed by atoms with Crippen molar-refractivity contribution in [3.63, 3.8) is 0 Å². The van der Waals surface area contributed by atoms with Gasteiger partial charge in [-0.25, -0.2) is 0 Å². The average Bonchev–Trinajstić information content (AvgIpc) is 3.12. The maximum atomic E-state index is 5.76. The van der Waals surface area contributed by atoms with Gasteiger partial charge >= 0.3 is 0 Å². The van der Waals surface area contributed by atoms with Gasteiger partial charge in [-0.1, -0.05) is 18.2 Å². The van der Waals surface area contributed by atoms with Gasteiger partial charge in [-0.05, 0) is 49.4 Å². The molecule has 1 atom stereocenters. The van der Waals surface area contributed by atoms with E-state index in [4.69, 9.17) is 4.42 Å². The molecule has 4 nitrogen and oxygen atoms in total. The van der Waals surface area contributed by atoms with Crippen LogP contribution in [0.4, 0.5) is 5.69 Å². The number of rotatable bonds is 4. The number of aryl methyl sites for hydroxylation is 2. The van der Waals surface area contributed by atoms with Crippen LogP contribution in [-0.2, 0) is 0 Å². The maximum Gasteiger partial charge on any atom is 0.257 e. The molecule has 0 saturated heterocycles. The minimum atomic E-state index is -0.0355. The van der Waals surface area contributed by atoms with Crippen LogP contribution in [0.5, 0.6) is 0 Å². The van der Waals surface area contributed by atoms with Gasteiger partial charge < -0.3 is 9.73 Å². The predicted molar refractivity (Wildman–Crippen MR) is 85.6 cm³/mol. The Hall–Kier alpha value is -2.14. The Morgan fingerprint density at radius 3 is 2.81 bits per heavy atom. The highest BCUT2D eigenvalue weighted by atomic mass is 32.1. The molecule has 2 heterocycles. The van der Waals surface area contributed by atoms with Crippen molar-refractivity contribution in [2.24, 2.45) is 0 Å². The molecule has 0 aliphatic carbocycles. The van der Waals surface area contributed by atoms with E-state index in [9.17, 15) is 0 Å². The van der Waals surface area contributed by atoms with Crippen molar-refractivity contribution >= 4 is 17.0 Å². The summed E-state index contributed by atoms with van der Waals surface area (Å²) in [5, 5.41) is 13.7. The summed E-state index contributed by atoms with van der Waals surface area (Å²) in [5.41, 5.74) is 3.52. The number of thiophene rings is 1. The molecule has 108 valence electrons. The molecular formula is C16H17N3OS. The second-order valence-electron chi connectivity index (χ2n) is 5.11. The summed E-state index contributed by atoms with van der Waals surface area (Å²) in [6.07, 6.45) is 0. The van der Waals surface area contributed by atoms with Gasteiger partial charge in [0.15, 0.2) is 0 Å². The molecule has 5 heteroatoms. The summed E-state index contributed by atoms with van der Waals surface area (Å²) in [6, 6.07) is 10.3. The highest BCUT2D eigenvalue weighted by Crippen LogP contribution is 2.27. The molecule has 2 aromatic heterocycles. The molecule has 0 amide bonds. The predicted octanol–water partition coefficient (Wildman–Crippen LogP) is 4.59. The van der Waals surface area contributed by atoms with Gasteiger partial charge in [0.25, 0.3) is 5.89 Å². The van der Waals surface area contributed by atoms with E-state index in [0.717, 1.165) is 10.6 Å². The lowest BCUT2D eigenvalue weighted by Gasteiger charge is -2.14. The standard InChI is InChI=1S/C16H17N3OS/c1-10-6-7-11(2)13(9-10)17-12(3)15-18-19-16(20-15)14-5-4-8-21-14/h4-9,12,17H,1-3H3. The molecule has 0 spiro atoms. The third kappa shape index (κ3) is 2.97. The van der Waals surface area contributed by atoms with E-state index in [-0.39, 0.29) is 6.04 Å². The van der Waals surface area contributed by atoms with Crippen molar-refractivity contribution in [2.45, 2.75) is 26.8 Å². The zero-order chi connectivity index (χ0) is 14.8. The summed E-state index contributed by atoms with van der Waals surface area (Å²) < 4.78 is 5.76. The number of anilines is 1. The first kappa shape index (κ1) is 13.8. The fourth-order valence-corrected chi connectivity index (χ4v) is 2.74. The molecule has 21 heavy (non-hydrogen) atoms. The smallest absolute Gasteiger partial charge is 0.257 e. The zero-order valence-corrected chi connectivity index (χ0v) is 13.1. The van der Waals surface area contributed by atoms with Crippen LogP contribution < -0.4 is 5.32 Å². The number of benzene rings is 1. The summed E-state index contributed by atoms with van der Waals surface area (Å²) in [5.74, 6) is 1.17. The van der Waals surface area contributed by atoms with Crippen LogP contribution in [-0.4, -0.2) is 10.2 Å². The number of hydrogen-bond acceptors (Lipinski definition) is 5. The quantitative estimate of drug-likeness (QED) is 0.765. The fraction of sp³-hybridized carbons (Fsp3) is 0.250. The lowest BCUT2D eigenvalue weighted by molar-refractivity contribution is 0.486. The first-order valence-electron chi connectivity index (χ1n) is 6.84. The van der Waals surface area contributed by atoms with Gasteiger partial charge in [0, 0.05) is 5.69 Å². The van der Waals surface area contributed by atoms with Crippen molar-refractivity contribution in [2.75, 3.05) is 5.32 Å². The first-order valence-corrected chi connectivity index (χ1v) is 7.72. The molecule has 0 bridgehead atoms. The van der Waals surface area contributed by atoms with Crippen LogP contribution in [0.25, 0.3) is 10.8 Å². The molecule has 0 radical (unpaired) electrons. The highest BCUT2D eigenvalue weighted by Gasteiger charge is 2.16. The van der Waals surface area contributed by atoms with E-state index in [1.165, 1.54) is 11.1 Å². The molecule has 0 aliphatic heterocycles. The van der Waals surface area contributed by atoms with E-state index in [0.29, 0.717) is 11.8 Å². The second-order valence-corrected chi connectivity index (χ2v) is 6.05.